The van der Waals surface area contributed by atoms with Crippen LogP contribution in [0.15, 0.2) is 40.9 Å². The highest BCUT2D eigenvalue weighted by Gasteiger charge is 2.08. The molecule has 0 aliphatic heterocycles. The van der Waals surface area contributed by atoms with Gasteiger partial charge in [-0.15, -0.1) is 0 Å². The van der Waals surface area contributed by atoms with Gasteiger partial charge in [-0.1, -0.05) is 33.6 Å². The highest BCUT2D eigenvalue weighted by atomic mass is 79.9. The number of hydrogen-bond donors (Lipinski definition) is 2. The molecule has 5 heteroatoms. The Morgan fingerprint density at radius 3 is 2.63 bits per heavy atom. The topological polar surface area (TPSA) is 55.1 Å². The first-order valence-electron chi connectivity index (χ1n) is 5.60. The second kappa shape index (κ2) is 5.63. The van der Waals surface area contributed by atoms with Gasteiger partial charge < -0.3 is 11.1 Å². The molecule has 0 unspecified atom stereocenters. The summed E-state index contributed by atoms with van der Waals surface area (Å²) in [6, 6.07) is 10.4. The summed E-state index contributed by atoms with van der Waals surface area (Å²) in [6.07, 6.45) is 0. The summed E-state index contributed by atoms with van der Waals surface area (Å²) in [5.74, 6) is -0.223. The number of rotatable bonds is 2. The maximum absolute atomic E-state index is 12.0. The largest absolute Gasteiger partial charge is 0.398 e. The van der Waals surface area contributed by atoms with E-state index in [0.29, 0.717) is 16.3 Å². The van der Waals surface area contributed by atoms with Crippen LogP contribution in [-0.4, -0.2) is 5.91 Å². The zero-order valence-corrected chi connectivity index (χ0v) is 12.5. The molecule has 0 saturated carbocycles. The van der Waals surface area contributed by atoms with Crippen molar-refractivity contribution in [2.24, 2.45) is 0 Å². The molecule has 1 amide bonds. The van der Waals surface area contributed by atoms with E-state index in [0.717, 1.165) is 15.7 Å². The van der Waals surface area contributed by atoms with Gasteiger partial charge in [-0.25, -0.2) is 0 Å². The van der Waals surface area contributed by atoms with Gasteiger partial charge in [-0.3, -0.25) is 4.79 Å². The first kappa shape index (κ1) is 13.9. The number of nitrogens with one attached hydrogen (secondary N) is 1. The molecule has 3 N–H and O–H groups in total. The van der Waals surface area contributed by atoms with E-state index >= 15 is 0 Å². The molecule has 0 aliphatic rings. The van der Waals surface area contributed by atoms with E-state index in [1.807, 2.05) is 25.1 Å². The standard InChI is InChI=1S/C14H12BrClN2O/c1-8-2-4-10(7-11(8)15)18-14(19)9-3-5-12(16)13(17)6-9/h2-7H,17H2,1H3,(H,18,19). The lowest BCUT2D eigenvalue weighted by Crippen LogP contribution is -2.12. The van der Waals surface area contributed by atoms with Crippen molar-refractivity contribution in [1.82, 2.24) is 0 Å². The van der Waals surface area contributed by atoms with Crippen molar-refractivity contribution >= 4 is 44.8 Å². The molecule has 0 aliphatic carbocycles. The molecule has 0 fully saturated rings. The van der Waals surface area contributed by atoms with Crippen LogP contribution in [0.4, 0.5) is 11.4 Å². The maximum atomic E-state index is 12.0. The van der Waals surface area contributed by atoms with Crippen molar-refractivity contribution in [2.75, 3.05) is 11.1 Å². The summed E-state index contributed by atoms with van der Waals surface area (Å²) >= 11 is 9.25. The van der Waals surface area contributed by atoms with Crippen LogP contribution in [0.1, 0.15) is 15.9 Å². The molecule has 0 aromatic heterocycles. The molecule has 2 aromatic rings. The minimum Gasteiger partial charge on any atom is -0.398 e. The fourth-order valence-corrected chi connectivity index (χ4v) is 2.06. The number of nitrogen functional groups attached to an aromatic ring is 1. The Bertz CT molecular complexity index is 643. The fourth-order valence-electron chi connectivity index (χ4n) is 1.56. The van der Waals surface area contributed by atoms with Gasteiger partial charge in [0, 0.05) is 15.7 Å². The highest BCUT2D eigenvalue weighted by molar-refractivity contribution is 9.10. The van der Waals surface area contributed by atoms with E-state index in [9.17, 15) is 4.79 Å². The number of benzene rings is 2. The third kappa shape index (κ3) is 3.28. The lowest BCUT2D eigenvalue weighted by Gasteiger charge is -2.08. The lowest BCUT2D eigenvalue weighted by molar-refractivity contribution is 0.102. The van der Waals surface area contributed by atoms with Crippen LogP contribution in [0, 0.1) is 6.92 Å². The van der Waals surface area contributed by atoms with Crippen LogP contribution in [0.3, 0.4) is 0 Å². The summed E-state index contributed by atoms with van der Waals surface area (Å²) < 4.78 is 0.945. The molecule has 0 bridgehead atoms. The average molecular weight is 340 g/mol. The van der Waals surface area contributed by atoms with Crippen LogP contribution in [0.25, 0.3) is 0 Å². The van der Waals surface area contributed by atoms with Gasteiger partial charge in [-0.2, -0.15) is 0 Å². The summed E-state index contributed by atoms with van der Waals surface area (Å²) in [7, 11) is 0. The molecule has 2 aromatic carbocycles. The van der Waals surface area contributed by atoms with Crippen molar-refractivity contribution in [1.29, 1.82) is 0 Å². The van der Waals surface area contributed by atoms with Crippen molar-refractivity contribution in [3.8, 4) is 0 Å². The molecule has 3 nitrogen and oxygen atoms in total. The Labute approximate surface area is 124 Å². The van der Waals surface area contributed by atoms with Crippen LogP contribution < -0.4 is 11.1 Å². The van der Waals surface area contributed by atoms with E-state index in [-0.39, 0.29) is 5.91 Å². The van der Waals surface area contributed by atoms with Gasteiger partial charge in [0.15, 0.2) is 0 Å². The molecular formula is C14H12BrClN2O. The van der Waals surface area contributed by atoms with Crippen LogP contribution >= 0.6 is 27.5 Å². The fraction of sp³-hybridized carbons (Fsp3) is 0.0714. The molecule has 0 saturated heterocycles. The Balaban J connectivity index is 2.20. The molecule has 0 atom stereocenters. The number of nitrogens with two attached hydrogens (primary N) is 1. The molecule has 19 heavy (non-hydrogen) atoms. The van der Waals surface area contributed by atoms with Gasteiger partial charge >= 0.3 is 0 Å². The molecule has 0 heterocycles. The van der Waals surface area contributed by atoms with Gasteiger partial charge in [0.1, 0.15) is 0 Å². The zero-order chi connectivity index (χ0) is 14.0. The predicted octanol–water partition coefficient (Wildman–Crippen LogP) is 4.25. The first-order chi connectivity index (χ1) is 8.97. The number of amides is 1. The average Bonchev–Trinajstić information content (AvgIpc) is 2.37. The van der Waals surface area contributed by atoms with Crippen LogP contribution in [-0.2, 0) is 0 Å². The number of carbonyl (C=O) groups excluding carboxylic acids is 1. The number of hydrogen-bond acceptors (Lipinski definition) is 2. The number of aryl methyl sites for hydroxylation is 1. The van der Waals surface area contributed by atoms with E-state index < -0.39 is 0 Å². The van der Waals surface area contributed by atoms with Crippen molar-refractivity contribution in [3.05, 3.63) is 57.0 Å². The number of carbonyl (C=O) groups is 1. The normalized spacial score (nSPS) is 10.3. The van der Waals surface area contributed by atoms with E-state index in [1.165, 1.54) is 0 Å². The quantitative estimate of drug-likeness (QED) is 0.804. The molecule has 98 valence electrons. The smallest absolute Gasteiger partial charge is 0.255 e. The van der Waals surface area contributed by atoms with Crippen molar-refractivity contribution in [3.63, 3.8) is 0 Å². The molecule has 2 rings (SSSR count). The maximum Gasteiger partial charge on any atom is 0.255 e. The molecule has 0 spiro atoms. The van der Waals surface area contributed by atoms with E-state index in [1.54, 1.807) is 18.2 Å². The van der Waals surface area contributed by atoms with Crippen LogP contribution in [0.5, 0.6) is 0 Å². The third-order valence-corrected chi connectivity index (χ3v) is 3.89. The number of anilines is 2. The minimum absolute atomic E-state index is 0.223. The summed E-state index contributed by atoms with van der Waals surface area (Å²) in [5, 5.41) is 3.24. The van der Waals surface area contributed by atoms with Gasteiger partial charge in [0.2, 0.25) is 0 Å². The van der Waals surface area contributed by atoms with Gasteiger partial charge in [0.05, 0.1) is 10.7 Å². The highest BCUT2D eigenvalue weighted by Crippen LogP contribution is 2.23. The van der Waals surface area contributed by atoms with Gasteiger partial charge in [-0.05, 0) is 42.8 Å². The van der Waals surface area contributed by atoms with Crippen molar-refractivity contribution in [2.45, 2.75) is 6.92 Å². The first-order valence-corrected chi connectivity index (χ1v) is 6.77. The van der Waals surface area contributed by atoms with Gasteiger partial charge in [0.25, 0.3) is 5.91 Å². The number of halogens is 2. The van der Waals surface area contributed by atoms with Crippen molar-refractivity contribution < 1.29 is 4.79 Å². The third-order valence-electron chi connectivity index (χ3n) is 2.69. The SMILES string of the molecule is Cc1ccc(NC(=O)c2ccc(Cl)c(N)c2)cc1Br. The Morgan fingerprint density at radius 1 is 1.26 bits per heavy atom. The Hall–Kier alpha value is -1.52. The zero-order valence-electron chi connectivity index (χ0n) is 10.2. The summed E-state index contributed by atoms with van der Waals surface area (Å²) in [4.78, 5) is 12.0. The molecular weight excluding hydrogens is 328 g/mol. The Morgan fingerprint density at radius 2 is 2.00 bits per heavy atom. The Kier molecular flexibility index (Phi) is 4.12. The summed E-state index contributed by atoms with van der Waals surface area (Å²) in [6.45, 7) is 1.98. The molecule has 0 radical (unpaired) electrons. The minimum atomic E-state index is -0.223. The van der Waals surface area contributed by atoms with E-state index in [4.69, 9.17) is 17.3 Å². The monoisotopic (exact) mass is 338 g/mol. The summed E-state index contributed by atoms with van der Waals surface area (Å²) in [5.41, 5.74) is 8.36. The van der Waals surface area contributed by atoms with E-state index in [2.05, 4.69) is 21.2 Å². The lowest BCUT2D eigenvalue weighted by atomic mass is 10.1. The second-order valence-electron chi connectivity index (χ2n) is 4.15. The predicted molar refractivity (Wildman–Crippen MR) is 82.7 cm³/mol. The second-order valence-corrected chi connectivity index (χ2v) is 5.42. The van der Waals surface area contributed by atoms with Crippen LogP contribution in [0.2, 0.25) is 5.02 Å².